The van der Waals surface area contributed by atoms with E-state index < -0.39 is 0 Å². The van der Waals surface area contributed by atoms with E-state index in [0.717, 1.165) is 38.9 Å². The minimum absolute atomic E-state index is 0.601. The molecule has 1 aromatic rings. The summed E-state index contributed by atoms with van der Waals surface area (Å²) >= 11 is 1.96. The van der Waals surface area contributed by atoms with Gasteiger partial charge >= 0.3 is 0 Å². The van der Waals surface area contributed by atoms with Crippen molar-refractivity contribution in [3.05, 3.63) is 21.9 Å². The first-order chi connectivity index (χ1) is 9.35. The molecule has 0 aromatic carbocycles. The molecule has 106 valence electrons. The first kappa shape index (κ1) is 13.6. The molecule has 19 heavy (non-hydrogen) atoms. The van der Waals surface area contributed by atoms with E-state index in [-0.39, 0.29) is 0 Å². The third kappa shape index (κ3) is 3.78. The summed E-state index contributed by atoms with van der Waals surface area (Å²) in [5, 5.41) is 3.59. The molecule has 1 saturated heterocycles. The van der Waals surface area contributed by atoms with Crippen molar-refractivity contribution in [2.24, 2.45) is 0 Å². The molecule has 2 aliphatic rings. The Hall–Kier alpha value is -0.420. The minimum Gasteiger partial charge on any atom is -0.378 e. The summed E-state index contributed by atoms with van der Waals surface area (Å²) in [5.74, 6) is 0. The van der Waals surface area contributed by atoms with Crippen LogP contribution < -0.4 is 5.32 Å². The molecular formula is C15H24N2OS. The van der Waals surface area contributed by atoms with E-state index in [1.54, 1.807) is 0 Å². The Morgan fingerprint density at radius 3 is 3.00 bits per heavy atom. The molecule has 1 N–H and O–H groups in total. The predicted molar refractivity (Wildman–Crippen MR) is 79.5 cm³/mol. The van der Waals surface area contributed by atoms with Gasteiger partial charge in [-0.25, -0.2) is 0 Å². The number of ether oxygens (including phenoxy) is 1. The van der Waals surface area contributed by atoms with Gasteiger partial charge in [0, 0.05) is 41.5 Å². The van der Waals surface area contributed by atoms with Crippen molar-refractivity contribution in [3.8, 4) is 0 Å². The Morgan fingerprint density at radius 1 is 1.37 bits per heavy atom. The average Bonchev–Trinajstić information content (AvgIpc) is 3.17. The smallest absolute Gasteiger partial charge is 0.0622 e. The van der Waals surface area contributed by atoms with Gasteiger partial charge in [0.1, 0.15) is 0 Å². The van der Waals surface area contributed by atoms with Crippen molar-refractivity contribution < 1.29 is 4.74 Å². The summed E-state index contributed by atoms with van der Waals surface area (Å²) in [6, 6.07) is 5.99. The number of nitrogens with one attached hydrogen (secondary N) is 1. The lowest BCUT2D eigenvalue weighted by molar-refractivity contribution is -0.0122. The van der Waals surface area contributed by atoms with Crippen LogP contribution in [0.2, 0.25) is 0 Å². The van der Waals surface area contributed by atoms with Crippen molar-refractivity contribution in [2.75, 3.05) is 19.8 Å². The van der Waals surface area contributed by atoms with Crippen molar-refractivity contribution in [2.45, 2.75) is 51.4 Å². The van der Waals surface area contributed by atoms with E-state index in [1.165, 1.54) is 29.0 Å². The van der Waals surface area contributed by atoms with Crippen LogP contribution in [0, 0.1) is 0 Å². The summed E-state index contributed by atoms with van der Waals surface area (Å²) in [5.41, 5.74) is 0. The van der Waals surface area contributed by atoms with Crippen LogP contribution in [0.25, 0.3) is 0 Å². The lowest BCUT2D eigenvalue weighted by Crippen LogP contribution is -2.44. The molecule has 1 aliphatic carbocycles. The average molecular weight is 280 g/mol. The van der Waals surface area contributed by atoms with E-state index in [4.69, 9.17) is 4.74 Å². The summed E-state index contributed by atoms with van der Waals surface area (Å²) in [4.78, 5) is 5.55. The van der Waals surface area contributed by atoms with Gasteiger partial charge in [-0.15, -0.1) is 11.3 Å². The second-order valence-corrected chi connectivity index (χ2v) is 6.88. The monoisotopic (exact) mass is 280 g/mol. The Morgan fingerprint density at radius 2 is 2.21 bits per heavy atom. The SMILES string of the molecule is CCC1COCCN1Cc1ccc(CNC2CC2)s1. The fourth-order valence-electron chi connectivity index (χ4n) is 2.61. The van der Waals surface area contributed by atoms with Crippen LogP contribution in [-0.4, -0.2) is 36.7 Å². The van der Waals surface area contributed by atoms with Gasteiger partial charge in [0.15, 0.2) is 0 Å². The number of thiophene rings is 1. The molecule has 0 spiro atoms. The molecule has 1 aliphatic heterocycles. The van der Waals surface area contributed by atoms with Gasteiger partial charge in [-0.2, -0.15) is 0 Å². The number of morpholine rings is 1. The molecule has 3 nitrogen and oxygen atoms in total. The van der Waals surface area contributed by atoms with Gasteiger partial charge in [-0.1, -0.05) is 6.92 Å². The highest BCUT2D eigenvalue weighted by atomic mass is 32.1. The van der Waals surface area contributed by atoms with Gasteiger partial charge in [0.25, 0.3) is 0 Å². The van der Waals surface area contributed by atoms with Crippen LogP contribution in [-0.2, 0) is 17.8 Å². The molecule has 2 heterocycles. The summed E-state index contributed by atoms with van der Waals surface area (Å²) in [7, 11) is 0. The van der Waals surface area contributed by atoms with E-state index >= 15 is 0 Å². The molecule has 1 atom stereocenters. The maximum absolute atomic E-state index is 5.57. The van der Waals surface area contributed by atoms with Gasteiger partial charge in [0.2, 0.25) is 0 Å². The van der Waals surface area contributed by atoms with Crippen LogP contribution in [0.3, 0.4) is 0 Å². The van der Waals surface area contributed by atoms with Crippen LogP contribution in [0.5, 0.6) is 0 Å². The fraction of sp³-hybridized carbons (Fsp3) is 0.733. The van der Waals surface area contributed by atoms with Crippen molar-refractivity contribution in [1.82, 2.24) is 10.2 Å². The summed E-state index contributed by atoms with van der Waals surface area (Å²) < 4.78 is 5.57. The van der Waals surface area contributed by atoms with Crippen LogP contribution in [0.4, 0.5) is 0 Å². The first-order valence-electron chi connectivity index (χ1n) is 7.48. The van der Waals surface area contributed by atoms with Crippen LogP contribution in [0.15, 0.2) is 12.1 Å². The normalized spacial score (nSPS) is 24.8. The summed E-state index contributed by atoms with van der Waals surface area (Å²) in [6.45, 7) is 7.26. The number of hydrogen-bond donors (Lipinski definition) is 1. The van der Waals surface area contributed by atoms with E-state index in [2.05, 4.69) is 29.3 Å². The maximum Gasteiger partial charge on any atom is 0.0622 e. The van der Waals surface area contributed by atoms with Crippen molar-refractivity contribution >= 4 is 11.3 Å². The number of rotatable bonds is 6. The second-order valence-electron chi connectivity index (χ2n) is 5.63. The fourth-order valence-corrected chi connectivity index (χ4v) is 3.60. The first-order valence-corrected chi connectivity index (χ1v) is 8.29. The van der Waals surface area contributed by atoms with Gasteiger partial charge < -0.3 is 10.1 Å². The third-order valence-corrected chi connectivity index (χ3v) is 5.11. The molecule has 2 fully saturated rings. The van der Waals surface area contributed by atoms with Crippen LogP contribution >= 0.6 is 11.3 Å². The molecule has 1 aromatic heterocycles. The Bertz CT molecular complexity index is 403. The molecule has 3 rings (SSSR count). The van der Waals surface area contributed by atoms with E-state index in [1.807, 2.05) is 11.3 Å². The second kappa shape index (κ2) is 6.35. The van der Waals surface area contributed by atoms with Gasteiger partial charge in [0.05, 0.1) is 13.2 Å². The molecule has 4 heteroatoms. The Balaban J connectivity index is 1.52. The predicted octanol–water partition coefficient (Wildman–Crippen LogP) is 2.61. The van der Waals surface area contributed by atoms with Gasteiger partial charge in [-0.3, -0.25) is 4.90 Å². The molecule has 0 bridgehead atoms. The molecule has 1 saturated carbocycles. The number of hydrogen-bond acceptors (Lipinski definition) is 4. The lowest BCUT2D eigenvalue weighted by atomic mass is 10.2. The minimum atomic E-state index is 0.601. The van der Waals surface area contributed by atoms with Crippen molar-refractivity contribution in [3.63, 3.8) is 0 Å². The zero-order chi connectivity index (χ0) is 13.1. The zero-order valence-corrected chi connectivity index (χ0v) is 12.5. The largest absolute Gasteiger partial charge is 0.378 e. The van der Waals surface area contributed by atoms with Crippen molar-refractivity contribution in [1.29, 1.82) is 0 Å². The lowest BCUT2D eigenvalue weighted by Gasteiger charge is -2.34. The molecule has 1 unspecified atom stereocenters. The zero-order valence-electron chi connectivity index (χ0n) is 11.7. The summed E-state index contributed by atoms with van der Waals surface area (Å²) in [6.07, 6.45) is 3.91. The highest BCUT2D eigenvalue weighted by Crippen LogP contribution is 2.23. The molecule has 0 amide bonds. The van der Waals surface area contributed by atoms with Gasteiger partial charge in [-0.05, 0) is 31.4 Å². The Labute approximate surface area is 119 Å². The quantitative estimate of drug-likeness (QED) is 0.867. The third-order valence-electron chi connectivity index (χ3n) is 4.04. The van der Waals surface area contributed by atoms with Crippen LogP contribution in [0.1, 0.15) is 35.9 Å². The number of nitrogens with zero attached hydrogens (tertiary/aromatic N) is 1. The standard InChI is InChI=1S/C15H24N2OS/c1-2-13-11-18-8-7-17(13)10-15-6-5-14(19-15)9-16-12-3-4-12/h5-6,12-13,16H,2-4,7-11H2,1H3. The maximum atomic E-state index is 5.57. The highest BCUT2D eigenvalue weighted by Gasteiger charge is 2.22. The molecular weight excluding hydrogens is 256 g/mol. The highest BCUT2D eigenvalue weighted by molar-refractivity contribution is 7.11. The molecule has 0 radical (unpaired) electrons. The Kier molecular flexibility index (Phi) is 4.53. The topological polar surface area (TPSA) is 24.5 Å². The van der Waals surface area contributed by atoms with E-state index in [9.17, 15) is 0 Å². The van der Waals surface area contributed by atoms with E-state index in [0.29, 0.717) is 6.04 Å².